The number of esters is 1. The lowest BCUT2D eigenvalue weighted by atomic mass is 10.1. The summed E-state index contributed by atoms with van der Waals surface area (Å²) >= 11 is 0. The van der Waals surface area contributed by atoms with Gasteiger partial charge in [-0.3, -0.25) is 0 Å². The number of hydrogen-bond acceptors (Lipinski definition) is 4. The van der Waals surface area contributed by atoms with Crippen LogP contribution in [0.3, 0.4) is 0 Å². The zero-order chi connectivity index (χ0) is 11.3. The van der Waals surface area contributed by atoms with Crippen LogP contribution in [0.2, 0.25) is 0 Å². The number of aryl methyl sites for hydroxylation is 1. The summed E-state index contributed by atoms with van der Waals surface area (Å²) in [5, 5.41) is 8.66. The van der Waals surface area contributed by atoms with E-state index in [1.54, 1.807) is 13.0 Å². The van der Waals surface area contributed by atoms with Crippen molar-refractivity contribution in [1.29, 1.82) is 5.26 Å². The third kappa shape index (κ3) is 2.53. The van der Waals surface area contributed by atoms with Gasteiger partial charge in [0.2, 0.25) is 0 Å². The van der Waals surface area contributed by atoms with Crippen LogP contribution >= 0.6 is 0 Å². The van der Waals surface area contributed by atoms with Gasteiger partial charge in [-0.2, -0.15) is 5.26 Å². The molecule has 1 heterocycles. The second kappa shape index (κ2) is 5.11. The molecular weight excluding hydrogens is 192 g/mol. The minimum atomic E-state index is -0.383. The zero-order valence-electron chi connectivity index (χ0n) is 8.78. The molecule has 0 bridgehead atoms. The molecule has 0 amide bonds. The first-order valence-electron chi connectivity index (χ1n) is 4.80. The van der Waals surface area contributed by atoms with Crippen molar-refractivity contribution < 1.29 is 9.53 Å². The van der Waals surface area contributed by atoms with Gasteiger partial charge in [0.15, 0.2) is 0 Å². The van der Waals surface area contributed by atoms with Gasteiger partial charge in [0, 0.05) is 0 Å². The minimum Gasteiger partial charge on any atom is -0.462 e. The normalized spacial score (nSPS) is 9.40. The van der Waals surface area contributed by atoms with Crippen LogP contribution in [0.4, 0.5) is 0 Å². The largest absolute Gasteiger partial charge is 0.462 e. The zero-order valence-corrected chi connectivity index (χ0v) is 8.78. The average molecular weight is 204 g/mol. The van der Waals surface area contributed by atoms with E-state index in [2.05, 4.69) is 4.98 Å². The predicted octanol–water partition coefficient (Wildman–Crippen LogP) is 1.69. The van der Waals surface area contributed by atoms with E-state index >= 15 is 0 Å². The van der Waals surface area contributed by atoms with E-state index in [0.717, 1.165) is 0 Å². The number of hydrogen-bond donors (Lipinski definition) is 0. The first-order valence-corrected chi connectivity index (χ1v) is 4.80. The SMILES string of the molecule is CCOC(=O)c1ccc(C#N)nc1CC. The molecule has 0 fully saturated rings. The molecule has 1 rings (SSSR count). The number of nitrogens with zero attached hydrogens (tertiary/aromatic N) is 2. The first-order chi connectivity index (χ1) is 7.22. The topological polar surface area (TPSA) is 63.0 Å². The lowest BCUT2D eigenvalue weighted by Gasteiger charge is -2.05. The number of pyridine rings is 1. The number of nitriles is 1. The highest BCUT2D eigenvalue weighted by Crippen LogP contribution is 2.10. The number of ether oxygens (including phenoxy) is 1. The maximum atomic E-state index is 11.5. The standard InChI is InChI=1S/C11H12N2O2/c1-3-10-9(11(14)15-4-2)6-5-8(7-12)13-10/h5-6H,3-4H2,1-2H3. The molecule has 4 nitrogen and oxygen atoms in total. The molecule has 0 saturated heterocycles. The van der Waals surface area contributed by atoms with Gasteiger partial charge >= 0.3 is 5.97 Å². The molecule has 15 heavy (non-hydrogen) atoms. The molecule has 0 unspecified atom stereocenters. The summed E-state index contributed by atoms with van der Waals surface area (Å²) in [5.41, 5.74) is 1.37. The highest BCUT2D eigenvalue weighted by molar-refractivity contribution is 5.90. The van der Waals surface area contributed by atoms with Gasteiger partial charge in [-0.1, -0.05) is 6.92 Å². The Morgan fingerprint density at radius 3 is 2.80 bits per heavy atom. The number of aromatic nitrogens is 1. The van der Waals surface area contributed by atoms with Crippen molar-refractivity contribution >= 4 is 5.97 Å². The molecule has 0 spiro atoms. The lowest BCUT2D eigenvalue weighted by Crippen LogP contribution is -2.09. The van der Waals surface area contributed by atoms with E-state index in [4.69, 9.17) is 10.00 Å². The Balaban J connectivity index is 3.08. The third-order valence-electron chi connectivity index (χ3n) is 1.92. The second-order valence-electron chi connectivity index (χ2n) is 2.88. The highest BCUT2D eigenvalue weighted by Gasteiger charge is 2.12. The first kappa shape index (κ1) is 11.2. The summed E-state index contributed by atoms with van der Waals surface area (Å²) < 4.78 is 4.88. The van der Waals surface area contributed by atoms with Crippen molar-refractivity contribution in [3.8, 4) is 6.07 Å². The molecule has 0 saturated carbocycles. The summed E-state index contributed by atoms with van der Waals surface area (Å²) in [7, 11) is 0. The van der Waals surface area contributed by atoms with Crippen LogP contribution in [0.1, 0.15) is 35.6 Å². The van der Waals surface area contributed by atoms with Crippen LogP contribution in [0.25, 0.3) is 0 Å². The maximum Gasteiger partial charge on any atom is 0.339 e. The third-order valence-corrected chi connectivity index (χ3v) is 1.92. The average Bonchev–Trinajstić information content (AvgIpc) is 2.28. The van der Waals surface area contributed by atoms with Crippen LogP contribution in [0.5, 0.6) is 0 Å². The van der Waals surface area contributed by atoms with Crippen LogP contribution in [0.15, 0.2) is 12.1 Å². The molecule has 0 N–H and O–H groups in total. The fourth-order valence-electron chi connectivity index (χ4n) is 1.23. The van der Waals surface area contributed by atoms with E-state index in [0.29, 0.717) is 30.0 Å². The van der Waals surface area contributed by atoms with Gasteiger partial charge in [0.25, 0.3) is 0 Å². The Morgan fingerprint density at radius 1 is 1.53 bits per heavy atom. The molecule has 0 aliphatic rings. The Bertz CT molecular complexity index is 408. The Hall–Kier alpha value is -1.89. The fraction of sp³-hybridized carbons (Fsp3) is 0.364. The molecule has 1 aromatic heterocycles. The highest BCUT2D eigenvalue weighted by atomic mass is 16.5. The van der Waals surface area contributed by atoms with Crippen LogP contribution in [0, 0.1) is 11.3 Å². The van der Waals surface area contributed by atoms with Crippen LogP contribution < -0.4 is 0 Å². The van der Waals surface area contributed by atoms with E-state index in [1.807, 2.05) is 13.0 Å². The maximum absolute atomic E-state index is 11.5. The van der Waals surface area contributed by atoms with Gasteiger partial charge in [0.05, 0.1) is 17.9 Å². The van der Waals surface area contributed by atoms with Crippen molar-refractivity contribution in [2.75, 3.05) is 6.61 Å². The van der Waals surface area contributed by atoms with Gasteiger partial charge in [0.1, 0.15) is 11.8 Å². The van der Waals surface area contributed by atoms with Crippen molar-refractivity contribution in [2.45, 2.75) is 20.3 Å². The van der Waals surface area contributed by atoms with E-state index in [1.165, 1.54) is 6.07 Å². The molecule has 78 valence electrons. The summed E-state index contributed by atoms with van der Waals surface area (Å²) in [4.78, 5) is 15.5. The van der Waals surface area contributed by atoms with Gasteiger partial charge in [-0.15, -0.1) is 0 Å². The molecule has 4 heteroatoms. The van der Waals surface area contributed by atoms with Gasteiger partial charge < -0.3 is 4.74 Å². The summed E-state index contributed by atoms with van der Waals surface area (Å²) in [6.07, 6.45) is 0.601. The molecule has 0 aliphatic heterocycles. The van der Waals surface area contributed by atoms with Crippen molar-refractivity contribution in [1.82, 2.24) is 4.98 Å². The van der Waals surface area contributed by atoms with Gasteiger partial charge in [-0.25, -0.2) is 9.78 Å². The molecule has 0 aliphatic carbocycles. The molecule has 0 radical (unpaired) electrons. The molecule has 1 aromatic rings. The predicted molar refractivity (Wildman–Crippen MR) is 54.3 cm³/mol. The van der Waals surface area contributed by atoms with Crippen LogP contribution in [-0.2, 0) is 11.2 Å². The Labute approximate surface area is 88.5 Å². The van der Waals surface area contributed by atoms with Gasteiger partial charge in [-0.05, 0) is 25.5 Å². The number of carbonyl (C=O) groups is 1. The Morgan fingerprint density at radius 2 is 2.27 bits per heavy atom. The van der Waals surface area contributed by atoms with Crippen molar-refractivity contribution in [2.24, 2.45) is 0 Å². The molecule has 0 aromatic carbocycles. The van der Waals surface area contributed by atoms with Crippen LogP contribution in [-0.4, -0.2) is 17.6 Å². The van der Waals surface area contributed by atoms with E-state index < -0.39 is 0 Å². The quantitative estimate of drug-likeness (QED) is 0.703. The summed E-state index contributed by atoms with van der Waals surface area (Å²) in [5.74, 6) is -0.383. The van der Waals surface area contributed by atoms with Crippen molar-refractivity contribution in [3.05, 3.63) is 29.1 Å². The minimum absolute atomic E-state index is 0.319. The van der Waals surface area contributed by atoms with Crippen molar-refractivity contribution in [3.63, 3.8) is 0 Å². The molecule has 0 atom stereocenters. The van der Waals surface area contributed by atoms with E-state index in [-0.39, 0.29) is 5.97 Å². The fourth-order valence-corrected chi connectivity index (χ4v) is 1.23. The summed E-state index contributed by atoms with van der Waals surface area (Å²) in [6, 6.07) is 5.04. The smallest absolute Gasteiger partial charge is 0.339 e. The lowest BCUT2D eigenvalue weighted by molar-refractivity contribution is 0.0524. The number of rotatable bonds is 3. The monoisotopic (exact) mass is 204 g/mol. The summed E-state index contributed by atoms with van der Waals surface area (Å²) in [6.45, 7) is 3.97. The number of carbonyl (C=O) groups excluding carboxylic acids is 1. The van der Waals surface area contributed by atoms with E-state index in [9.17, 15) is 4.79 Å². The molecular formula is C11H12N2O2. The second-order valence-corrected chi connectivity index (χ2v) is 2.88. The Kier molecular flexibility index (Phi) is 3.81.